The number of nitrogens with zero attached hydrogens (tertiary/aromatic N) is 6. The van der Waals surface area contributed by atoms with Gasteiger partial charge in [-0.1, -0.05) is 23.7 Å². The molecule has 30 heavy (non-hydrogen) atoms. The predicted molar refractivity (Wildman–Crippen MR) is 115 cm³/mol. The topological polar surface area (TPSA) is 85.2 Å². The molecular formula is C21H15ClFN7. The zero-order chi connectivity index (χ0) is 20.8. The fraction of sp³-hybridized carbons (Fsp3) is 0.0476. The molecule has 0 unspecified atom stereocenters. The molecule has 5 aromatic rings. The summed E-state index contributed by atoms with van der Waals surface area (Å²) in [7, 11) is 1.86. The molecule has 2 aromatic carbocycles. The van der Waals surface area contributed by atoms with Crippen LogP contribution in [0.15, 0.2) is 61.1 Å². The zero-order valence-electron chi connectivity index (χ0n) is 15.8. The van der Waals surface area contributed by atoms with E-state index in [9.17, 15) is 4.39 Å². The first-order chi connectivity index (χ1) is 14.5. The fourth-order valence-corrected chi connectivity index (χ4v) is 3.55. The Hall–Kier alpha value is -3.78. The molecule has 2 N–H and O–H groups in total. The van der Waals surface area contributed by atoms with Crippen LogP contribution in [0.4, 0.5) is 21.7 Å². The first kappa shape index (κ1) is 18.3. The van der Waals surface area contributed by atoms with Crippen LogP contribution in [0.25, 0.3) is 27.8 Å². The smallest absolute Gasteiger partial charge is 0.257 e. The maximum absolute atomic E-state index is 14.3. The minimum atomic E-state index is -0.519. The van der Waals surface area contributed by atoms with Gasteiger partial charge in [-0.3, -0.25) is 4.40 Å². The first-order valence-electron chi connectivity index (χ1n) is 9.05. The number of hydrogen-bond acceptors (Lipinski definition) is 6. The van der Waals surface area contributed by atoms with Gasteiger partial charge in [-0.2, -0.15) is 4.98 Å². The van der Waals surface area contributed by atoms with Gasteiger partial charge in [0, 0.05) is 29.9 Å². The molecular weight excluding hydrogens is 405 g/mol. The second-order valence-electron chi connectivity index (χ2n) is 6.80. The molecule has 9 heteroatoms. The summed E-state index contributed by atoms with van der Waals surface area (Å²) in [6.07, 6.45) is 3.25. The van der Waals surface area contributed by atoms with Gasteiger partial charge in [0.1, 0.15) is 23.8 Å². The molecule has 0 spiro atoms. The molecule has 0 aliphatic heterocycles. The summed E-state index contributed by atoms with van der Waals surface area (Å²) in [5.41, 5.74) is 9.11. The van der Waals surface area contributed by atoms with E-state index in [1.807, 2.05) is 42.3 Å². The molecule has 7 nitrogen and oxygen atoms in total. The van der Waals surface area contributed by atoms with Crippen molar-refractivity contribution in [1.82, 2.24) is 24.6 Å². The van der Waals surface area contributed by atoms with Gasteiger partial charge >= 0.3 is 0 Å². The van der Waals surface area contributed by atoms with Crippen molar-refractivity contribution in [1.29, 1.82) is 0 Å². The normalized spacial score (nSPS) is 11.3. The van der Waals surface area contributed by atoms with Gasteiger partial charge in [-0.05, 0) is 42.0 Å². The molecule has 0 amide bonds. The highest BCUT2D eigenvalue weighted by atomic mass is 35.5. The fourth-order valence-electron chi connectivity index (χ4n) is 3.39. The molecule has 148 valence electrons. The van der Waals surface area contributed by atoms with E-state index in [0.29, 0.717) is 28.3 Å². The standard InChI is InChI=1S/C21H15ClFN7/c1-29(14-4-2-3-12(7-14)13-5-6-19(24)25-10-13)20-15-8-17(23)16(22)9-18(15)30-11-26-28-21(30)27-20/h2-11H,1H3,(H2,24,25). The van der Waals surface area contributed by atoms with Crippen molar-refractivity contribution in [3.63, 3.8) is 0 Å². The number of nitrogen functional groups attached to an aromatic ring is 1. The Morgan fingerprint density at radius 3 is 2.77 bits per heavy atom. The van der Waals surface area contributed by atoms with Crippen molar-refractivity contribution >= 4 is 45.6 Å². The van der Waals surface area contributed by atoms with Gasteiger partial charge in [0.05, 0.1) is 10.5 Å². The highest BCUT2D eigenvalue weighted by molar-refractivity contribution is 6.31. The lowest BCUT2D eigenvalue weighted by molar-refractivity contribution is 0.630. The third-order valence-corrected chi connectivity index (χ3v) is 5.24. The number of nitrogens with two attached hydrogens (primary N) is 1. The number of fused-ring (bicyclic) bond motifs is 3. The van der Waals surface area contributed by atoms with Crippen LogP contribution in [0.3, 0.4) is 0 Å². The van der Waals surface area contributed by atoms with E-state index in [0.717, 1.165) is 16.8 Å². The third-order valence-electron chi connectivity index (χ3n) is 4.95. The summed E-state index contributed by atoms with van der Waals surface area (Å²) < 4.78 is 16.0. The monoisotopic (exact) mass is 419 g/mol. The first-order valence-corrected chi connectivity index (χ1v) is 9.43. The van der Waals surface area contributed by atoms with Gasteiger partial charge in [0.2, 0.25) is 0 Å². The van der Waals surface area contributed by atoms with Crippen molar-refractivity contribution in [3.05, 3.63) is 71.9 Å². The van der Waals surface area contributed by atoms with Gasteiger partial charge in [0.25, 0.3) is 5.78 Å². The minimum absolute atomic E-state index is 0.0233. The van der Waals surface area contributed by atoms with Crippen molar-refractivity contribution in [2.45, 2.75) is 0 Å². The maximum Gasteiger partial charge on any atom is 0.257 e. The Morgan fingerprint density at radius 1 is 1.10 bits per heavy atom. The molecule has 0 bridgehead atoms. The van der Waals surface area contributed by atoms with E-state index in [1.54, 1.807) is 22.7 Å². The maximum atomic E-state index is 14.3. The lowest BCUT2D eigenvalue weighted by Crippen LogP contribution is -2.13. The minimum Gasteiger partial charge on any atom is -0.384 e. The van der Waals surface area contributed by atoms with Crippen molar-refractivity contribution in [3.8, 4) is 11.1 Å². The summed E-state index contributed by atoms with van der Waals surface area (Å²) >= 11 is 6.03. The second kappa shape index (κ2) is 6.93. The van der Waals surface area contributed by atoms with Crippen LogP contribution in [0.2, 0.25) is 5.02 Å². The number of aromatic nitrogens is 5. The summed E-state index contributed by atoms with van der Waals surface area (Å²) in [5.74, 6) is 0.874. The molecule has 0 aliphatic rings. The van der Waals surface area contributed by atoms with Crippen molar-refractivity contribution in [2.24, 2.45) is 0 Å². The quantitative estimate of drug-likeness (QED) is 0.464. The molecule has 0 aliphatic carbocycles. The number of benzene rings is 2. The molecule has 0 radical (unpaired) electrons. The van der Waals surface area contributed by atoms with Crippen molar-refractivity contribution in [2.75, 3.05) is 17.7 Å². The number of anilines is 3. The number of pyridine rings is 1. The van der Waals surface area contributed by atoms with E-state index < -0.39 is 5.82 Å². The second-order valence-corrected chi connectivity index (χ2v) is 7.21. The molecule has 0 atom stereocenters. The average molecular weight is 420 g/mol. The van der Waals surface area contributed by atoms with Crippen LogP contribution in [-0.4, -0.2) is 31.6 Å². The molecule has 0 saturated heterocycles. The Bertz CT molecular complexity index is 1400. The van der Waals surface area contributed by atoms with E-state index in [1.165, 1.54) is 12.4 Å². The van der Waals surface area contributed by atoms with Gasteiger partial charge < -0.3 is 10.6 Å². The SMILES string of the molecule is CN(c1cccc(-c2ccc(N)nc2)c1)c1nc2nncn2c2cc(Cl)c(F)cc12. The van der Waals surface area contributed by atoms with Crippen LogP contribution < -0.4 is 10.6 Å². The van der Waals surface area contributed by atoms with Crippen LogP contribution in [-0.2, 0) is 0 Å². The molecule has 5 rings (SSSR count). The summed E-state index contributed by atoms with van der Waals surface area (Å²) in [6.45, 7) is 0. The Balaban J connectivity index is 1.67. The van der Waals surface area contributed by atoms with E-state index in [4.69, 9.17) is 17.3 Å². The van der Waals surface area contributed by atoms with Gasteiger partial charge in [-0.15, -0.1) is 10.2 Å². The zero-order valence-corrected chi connectivity index (χ0v) is 16.5. The van der Waals surface area contributed by atoms with Gasteiger partial charge in [0.15, 0.2) is 0 Å². The molecule has 0 saturated carbocycles. The Morgan fingerprint density at radius 2 is 1.97 bits per heavy atom. The van der Waals surface area contributed by atoms with Crippen LogP contribution in [0, 0.1) is 5.82 Å². The van der Waals surface area contributed by atoms with E-state index >= 15 is 0 Å². The number of halogens is 2. The highest BCUT2D eigenvalue weighted by Gasteiger charge is 2.17. The number of rotatable bonds is 3. The lowest BCUT2D eigenvalue weighted by atomic mass is 10.1. The van der Waals surface area contributed by atoms with E-state index in [-0.39, 0.29) is 5.02 Å². The Labute approximate surface area is 175 Å². The van der Waals surface area contributed by atoms with Crippen LogP contribution in [0.5, 0.6) is 0 Å². The average Bonchev–Trinajstić information content (AvgIpc) is 3.23. The molecule has 3 heterocycles. The summed E-state index contributed by atoms with van der Waals surface area (Å²) in [4.78, 5) is 10.6. The number of hydrogen-bond donors (Lipinski definition) is 1. The van der Waals surface area contributed by atoms with Crippen LogP contribution >= 0.6 is 11.6 Å². The third kappa shape index (κ3) is 2.98. The van der Waals surface area contributed by atoms with Crippen molar-refractivity contribution < 1.29 is 4.39 Å². The predicted octanol–water partition coefficient (Wildman–Crippen LogP) is 4.48. The largest absolute Gasteiger partial charge is 0.384 e. The Kier molecular flexibility index (Phi) is 4.22. The summed E-state index contributed by atoms with van der Waals surface area (Å²) in [5, 5.41) is 8.58. The van der Waals surface area contributed by atoms with Gasteiger partial charge in [-0.25, -0.2) is 9.37 Å². The highest BCUT2D eigenvalue weighted by Crippen LogP contribution is 2.34. The molecule has 0 fully saturated rings. The van der Waals surface area contributed by atoms with Crippen LogP contribution in [0.1, 0.15) is 0 Å². The summed E-state index contributed by atoms with van der Waals surface area (Å²) in [6, 6.07) is 14.5. The van der Waals surface area contributed by atoms with E-state index in [2.05, 4.69) is 20.2 Å². The lowest BCUT2D eigenvalue weighted by Gasteiger charge is -2.21. The molecule has 3 aromatic heterocycles.